The van der Waals surface area contributed by atoms with Gasteiger partial charge in [-0.15, -0.1) is 0 Å². The molecule has 0 radical (unpaired) electrons. The third-order valence-electron chi connectivity index (χ3n) is 7.18. The summed E-state index contributed by atoms with van der Waals surface area (Å²) in [5.74, 6) is -0.323. The molecule has 0 saturated carbocycles. The standard InChI is InChI=1S/C28H44O7/c1-7-22(30)20(5)27-23(34-27)15-17(2)9-8-10-18(3)26-19(4)11-12-24(31)28(6,33)14-13-21(29)16-25(32)35-26/h8-12,17,19-21,23-24,26-27,29,31,33H,7,13-16H2,1-6H3/b9-8+,12-11+,18-10+/t17-,19-,20-,21-,23+,24-,26+,27-,28+/m0/s1. The summed E-state index contributed by atoms with van der Waals surface area (Å²) in [4.78, 5) is 24.3. The molecule has 9 atom stereocenters. The van der Waals surface area contributed by atoms with E-state index in [9.17, 15) is 24.9 Å². The highest BCUT2D eigenvalue weighted by Crippen LogP contribution is 2.35. The number of ketones is 1. The molecule has 0 aromatic rings. The number of esters is 1. The fourth-order valence-electron chi connectivity index (χ4n) is 4.52. The van der Waals surface area contributed by atoms with Crippen LogP contribution in [0.15, 0.2) is 36.0 Å². The van der Waals surface area contributed by atoms with Crippen molar-refractivity contribution in [1.82, 2.24) is 0 Å². The fraction of sp³-hybridized carbons (Fsp3) is 0.714. The molecule has 3 N–H and O–H groups in total. The predicted octanol–water partition coefficient (Wildman–Crippen LogP) is 3.66. The Morgan fingerprint density at radius 3 is 2.63 bits per heavy atom. The van der Waals surface area contributed by atoms with Gasteiger partial charge in [-0.1, -0.05) is 58.1 Å². The van der Waals surface area contributed by atoms with Gasteiger partial charge in [0, 0.05) is 18.3 Å². The van der Waals surface area contributed by atoms with Gasteiger partial charge in [-0.2, -0.15) is 0 Å². The molecule has 0 aromatic heterocycles. The maximum atomic E-state index is 12.5. The van der Waals surface area contributed by atoms with Crippen LogP contribution < -0.4 is 0 Å². The van der Waals surface area contributed by atoms with Crippen LogP contribution >= 0.6 is 0 Å². The first-order valence-electron chi connectivity index (χ1n) is 12.8. The van der Waals surface area contributed by atoms with Crippen molar-refractivity contribution < 1.29 is 34.4 Å². The van der Waals surface area contributed by atoms with Crippen molar-refractivity contribution in [2.75, 3.05) is 0 Å². The number of rotatable bonds is 8. The molecule has 1 fully saturated rings. The van der Waals surface area contributed by atoms with E-state index in [0.29, 0.717) is 6.42 Å². The summed E-state index contributed by atoms with van der Waals surface area (Å²) in [6, 6.07) is 0. The van der Waals surface area contributed by atoms with Crippen LogP contribution in [-0.2, 0) is 19.1 Å². The van der Waals surface area contributed by atoms with Gasteiger partial charge in [0.15, 0.2) is 0 Å². The van der Waals surface area contributed by atoms with Crippen LogP contribution in [0.3, 0.4) is 0 Å². The SMILES string of the molecule is CCC(=O)[C@H](C)[C@@H]1O[C@@H]1C[C@@H](C)/C=C/C=C(\C)[C@H]1OC(=O)C[C@@H](O)CC[C@@](C)(O)[C@@H](O)/C=C/[C@@H]1C. The zero-order valence-corrected chi connectivity index (χ0v) is 22.0. The summed E-state index contributed by atoms with van der Waals surface area (Å²) in [5.41, 5.74) is -0.569. The second-order valence-electron chi connectivity index (χ2n) is 10.6. The zero-order valence-electron chi connectivity index (χ0n) is 22.0. The summed E-state index contributed by atoms with van der Waals surface area (Å²) in [6.07, 6.45) is 8.24. The highest BCUT2D eigenvalue weighted by molar-refractivity contribution is 5.81. The van der Waals surface area contributed by atoms with Gasteiger partial charge in [-0.25, -0.2) is 0 Å². The first-order chi connectivity index (χ1) is 16.4. The Labute approximate surface area is 209 Å². The molecule has 0 aliphatic carbocycles. The molecule has 2 heterocycles. The van der Waals surface area contributed by atoms with Crippen LogP contribution in [-0.4, -0.2) is 63.2 Å². The Hall–Kier alpha value is -1.80. The minimum Gasteiger partial charge on any atom is -0.457 e. The van der Waals surface area contributed by atoms with Gasteiger partial charge in [-0.3, -0.25) is 9.59 Å². The third kappa shape index (κ3) is 8.98. The van der Waals surface area contributed by atoms with Gasteiger partial charge in [0.2, 0.25) is 0 Å². The van der Waals surface area contributed by atoms with Crippen LogP contribution in [0.25, 0.3) is 0 Å². The van der Waals surface area contributed by atoms with Gasteiger partial charge >= 0.3 is 5.97 Å². The van der Waals surface area contributed by atoms with E-state index in [0.717, 1.165) is 12.0 Å². The number of epoxide rings is 1. The minimum atomic E-state index is -1.40. The number of ether oxygens (including phenoxy) is 2. The average Bonchev–Trinajstić information content (AvgIpc) is 3.56. The van der Waals surface area contributed by atoms with Crippen molar-refractivity contribution in [2.45, 2.75) is 110 Å². The summed E-state index contributed by atoms with van der Waals surface area (Å²) in [6.45, 7) is 11.2. The van der Waals surface area contributed by atoms with E-state index in [-0.39, 0.29) is 55.0 Å². The summed E-state index contributed by atoms with van der Waals surface area (Å²) in [5, 5.41) is 31.1. The summed E-state index contributed by atoms with van der Waals surface area (Å²) < 4.78 is 11.4. The molecular weight excluding hydrogens is 448 g/mol. The van der Waals surface area contributed by atoms with E-state index < -0.39 is 29.9 Å². The largest absolute Gasteiger partial charge is 0.457 e. The number of hydrogen-bond donors (Lipinski definition) is 3. The lowest BCUT2D eigenvalue weighted by molar-refractivity contribution is -0.151. The van der Waals surface area contributed by atoms with Gasteiger partial charge in [-0.05, 0) is 44.6 Å². The first-order valence-corrected chi connectivity index (χ1v) is 12.8. The molecule has 1 saturated heterocycles. The minimum absolute atomic E-state index is 0.0188. The monoisotopic (exact) mass is 492 g/mol. The molecule has 2 aliphatic heterocycles. The molecule has 0 aromatic carbocycles. The van der Waals surface area contributed by atoms with Gasteiger partial charge < -0.3 is 24.8 Å². The molecule has 0 amide bonds. The van der Waals surface area contributed by atoms with Gasteiger partial charge in [0.05, 0.1) is 30.3 Å². The Morgan fingerprint density at radius 2 is 1.97 bits per heavy atom. The normalized spacial score (nSPS) is 37.6. The molecule has 198 valence electrons. The van der Waals surface area contributed by atoms with E-state index in [1.165, 1.54) is 13.0 Å². The van der Waals surface area contributed by atoms with E-state index >= 15 is 0 Å². The van der Waals surface area contributed by atoms with Crippen molar-refractivity contribution >= 4 is 11.8 Å². The Balaban J connectivity index is 2.05. The lowest BCUT2D eigenvalue weighted by Crippen LogP contribution is -2.39. The molecule has 2 rings (SSSR count). The number of hydrogen-bond acceptors (Lipinski definition) is 7. The molecule has 7 heteroatoms. The van der Waals surface area contributed by atoms with Gasteiger partial charge in [0.25, 0.3) is 0 Å². The van der Waals surface area contributed by atoms with Crippen LogP contribution in [0.5, 0.6) is 0 Å². The summed E-state index contributed by atoms with van der Waals surface area (Å²) in [7, 11) is 0. The smallest absolute Gasteiger partial charge is 0.309 e. The molecule has 35 heavy (non-hydrogen) atoms. The molecule has 0 bridgehead atoms. The molecule has 0 unspecified atom stereocenters. The number of carbonyl (C=O) groups excluding carboxylic acids is 2. The maximum Gasteiger partial charge on any atom is 0.309 e. The van der Waals surface area contributed by atoms with E-state index in [4.69, 9.17) is 9.47 Å². The third-order valence-corrected chi connectivity index (χ3v) is 7.18. The molecule has 0 spiro atoms. The van der Waals surface area contributed by atoms with Crippen molar-refractivity contribution in [3.05, 3.63) is 36.0 Å². The molecular formula is C28H44O7. The first kappa shape index (κ1) is 29.4. The van der Waals surface area contributed by atoms with Gasteiger partial charge in [0.1, 0.15) is 18.0 Å². The Kier molecular flexibility index (Phi) is 10.9. The quantitative estimate of drug-likeness (QED) is 0.205. The Bertz CT molecular complexity index is 812. The number of Topliss-reactive ketones (excluding diaryl/α,β-unsaturated/α-hetero) is 1. The van der Waals surface area contributed by atoms with Crippen molar-refractivity contribution in [2.24, 2.45) is 17.8 Å². The number of allylic oxidation sites excluding steroid dienone is 3. The summed E-state index contributed by atoms with van der Waals surface area (Å²) >= 11 is 0. The highest BCUT2D eigenvalue weighted by Gasteiger charge is 2.45. The fourth-order valence-corrected chi connectivity index (χ4v) is 4.52. The maximum absolute atomic E-state index is 12.5. The van der Waals surface area contributed by atoms with Crippen molar-refractivity contribution in [3.63, 3.8) is 0 Å². The second kappa shape index (κ2) is 12.9. The van der Waals surface area contributed by atoms with Crippen molar-refractivity contribution in [3.8, 4) is 0 Å². The number of cyclic esters (lactones) is 1. The number of aliphatic hydroxyl groups is 3. The lowest BCUT2D eigenvalue weighted by Gasteiger charge is -2.30. The Morgan fingerprint density at radius 1 is 1.29 bits per heavy atom. The van der Waals surface area contributed by atoms with Crippen LogP contribution in [0.2, 0.25) is 0 Å². The number of aliphatic hydroxyl groups excluding tert-OH is 2. The number of carbonyl (C=O) groups is 2. The average molecular weight is 493 g/mol. The van der Waals surface area contributed by atoms with Crippen LogP contribution in [0.4, 0.5) is 0 Å². The van der Waals surface area contributed by atoms with Crippen LogP contribution in [0, 0.1) is 17.8 Å². The van der Waals surface area contributed by atoms with E-state index in [1.807, 2.05) is 39.8 Å². The highest BCUT2D eigenvalue weighted by atomic mass is 16.6. The second-order valence-corrected chi connectivity index (χ2v) is 10.6. The van der Waals surface area contributed by atoms with Crippen LogP contribution in [0.1, 0.15) is 73.6 Å². The predicted molar refractivity (Wildman–Crippen MR) is 134 cm³/mol. The lowest BCUT2D eigenvalue weighted by atomic mass is 9.89. The van der Waals surface area contributed by atoms with Crippen molar-refractivity contribution in [1.29, 1.82) is 0 Å². The topological polar surface area (TPSA) is 117 Å². The van der Waals surface area contributed by atoms with E-state index in [1.54, 1.807) is 6.08 Å². The molecule has 7 nitrogen and oxygen atoms in total. The van der Waals surface area contributed by atoms with E-state index in [2.05, 4.69) is 13.0 Å². The molecule has 2 aliphatic rings. The zero-order chi connectivity index (χ0) is 26.3.